The Morgan fingerprint density at radius 3 is 2.58 bits per heavy atom. The van der Waals surface area contributed by atoms with Crippen LogP contribution in [0.5, 0.6) is 0 Å². The maximum absolute atomic E-state index is 12.3. The van der Waals surface area contributed by atoms with Crippen molar-refractivity contribution in [3.05, 3.63) is 65.7 Å². The van der Waals surface area contributed by atoms with Crippen molar-refractivity contribution in [2.24, 2.45) is 0 Å². The van der Waals surface area contributed by atoms with Crippen LogP contribution < -0.4 is 10.6 Å². The number of anilines is 1. The van der Waals surface area contributed by atoms with Gasteiger partial charge in [0.1, 0.15) is 0 Å². The highest BCUT2D eigenvalue weighted by atomic mass is 16.5. The molecule has 0 unspecified atom stereocenters. The summed E-state index contributed by atoms with van der Waals surface area (Å²) in [5.41, 5.74) is 2.35. The van der Waals surface area contributed by atoms with Gasteiger partial charge in [-0.2, -0.15) is 0 Å². The molecule has 0 heterocycles. The van der Waals surface area contributed by atoms with Gasteiger partial charge in [-0.3, -0.25) is 9.59 Å². The lowest BCUT2D eigenvalue weighted by Crippen LogP contribution is -2.31. The summed E-state index contributed by atoms with van der Waals surface area (Å²) < 4.78 is 4.91. The molecule has 2 amide bonds. The fraction of sp³-hybridized carbons (Fsp3) is 0.300. The molecule has 0 atom stereocenters. The summed E-state index contributed by atoms with van der Waals surface area (Å²) in [5.74, 6) is -0.193. The molecule has 0 saturated carbocycles. The largest absolute Gasteiger partial charge is 0.383 e. The van der Waals surface area contributed by atoms with E-state index in [9.17, 15) is 9.59 Å². The summed E-state index contributed by atoms with van der Waals surface area (Å²) in [6.07, 6.45) is 0. The van der Waals surface area contributed by atoms with E-state index in [2.05, 4.69) is 10.6 Å². The van der Waals surface area contributed by atoms with E-state index in [1.807, 2.05) is 36.4 Å². The molecular formula is C20H25N3O3. The average Bonchev–Trinajstić information content (AvgIpc) is 2.67. The smallest absolute Gasteiger partial charge is 0.251 e. The van der Waals surface area contributed by atoms with Gasteiger partial charge in [0.2, 0.25) is 5.91 Å². The normalized spacial score (nSPS) is 10.2. The van der Waals surface area contributed by atoms with Crippen LogP contribution in [0.25, 0.3) is 0 Å². The number of carbonyl (C=O) groups excluding carboxylic acids is 2. The third-order valence-corrected chi connectivity index (χ3v) is 3.85. The van der Waals surface area contributed by atoms with Crippen LogP contribution in [0.2, 0.25) is 0 Å². The first-order valence-electron chi connectivity index (χ1n) is 8.49. The molecule has 0 spiro atoms. The van der Waals surface area contributed by atoms with Crippen molar-refractivity contribution >= 4 is 17.5 Å². The standard InChI is InChI=1S/C20H25N3O3/c1-23(15-16-7-4-3-5-8-16)19(24)14-22-18-10-6-9-17(13-18)20(25)21-11-12-26-2/h3-10,13,22H,11-12,14-15H2,1-2H3,(H,21,25). The molecule has 138 valence electrons. The Bertz CT molecular complexity index is 719. The van der Waals surface area contributed by atoms with Crippen LogP contribution in [0, 0.1) is 0 Å². The van der Waals surface area contributed by atoms with Crippen LogP contribution in [-0.2, 0) is 16.1 Å². The molecular weight excluding hydrogens is 330 g/mol. The number of amides is 2. The lowest BCUT2D eigenvalue weighted by Gasteiger charge is -2.18. The third-order valence-electron chi connectivity index (χ3n) is 3.85. The lowest BCUT2D eigenvalue weighted by molar-refractivity contribution is -0.128. The summed E-state index contributed by atoms with van der Waals surface area (Å²) >= 11 is 0. The summed E-state index contributed by atoms with van der Waals surface area (Å²) in [5, 5.41) is 5.85. The number of benzene rings is 2. The molecule has 6 heteroatoms. The average molecular weight is 355 g/mol. The molecule has 2 rings (SSSR count). The van der Waals surface area contributed by atoms with Gasteiger partial charge < -0.3 is 20.3 Å². The monoisotopic (exact) mass is 355 g/mol. The molecule has 0 radical (unpaired) electrons. The first-order valence-corrected chi connectivity index (χ1v) is 8.49. The van der Waals surface area contributed by atoms with Crippen LogP contribution >= 0.6 is 0 Å². The van der Waals surface area contributed by atoms with Gasteiger partial charge in [-0.25, -0.2) is 0 Å². The summed E-state index contributed by atoms with van der Waals surface area (Å²) in [4.78, 5) is 26.0. The van der Waals surface area contributed by atoms with Gasteiger partial charge >= 0.3 is 0 Å². The van der Waals surface area contributed by atoms with Gasteiger partial charge in [-0.05, 0) is 23.8 Å². The highest BCUT2D eigenvalue weighted by Crippen LogP contribution is 2.11. The molecule has 26 heavy (non-hydrogen) atoms. The quantitative estimate of drug-likeness (QED) is 0.676. The van der Waals surface area contributed by atoms with E-state index in [0.717, 1.165) is 11.3 Å². The summed E-state index contributed by atoms with van der Waals surface area (Å²) in [6.45, 7) is 1.64. The van der Waals surface area contributed by atoms with Crippen LogP contribution in [0.4, 0.5) is 5.69 Å². The minimum absolute atomic E-state index is 0.0243. The first-order chi connectivity index (χ1) is 12.6. The Balaban J connectivity index is 1.85. The van der Waals surface area contributed by atoms with Crippen molar-refractivity contribution in [1.82, 2.24) is 10.2 Å². The third kappa shape index (κ3) is 6.22. The zero-order valence-electron chi connectivity index (χ0n) is 15.2. The summed E-state index contributed by atoms with van der Waals surface area (Å²) in [6, 6.07) is 16.9. The topological polar surface area (TPSA) is 70.7 Å². The van der Waals surface area contributed by atoms with Crippen molar-refractivity contribution in [1.29, 1.82) is 0 Å². The van der Waals surface area contributed by atoms with E-state index < -0.39 is 0 Å². The van der Waals surface area contributed by atoms with Gasteiger partial charge in [0.05, 0.1) is 13.2 Å². The SMILES string of the molecule is COCCNC(=O)c1cccc(NCC(=O)N(C)Cc2ccccc2)c1. The molecule has 0 saturated heterocycles. The molecule has 6 nitrogen and oxygen atoms in total. The minimum Gasteiger partial charge on any atom is -0.383 e. The van der Waals surface area contributed by atoms with Crippen LogP contribution in [0.3, 0.4) is 0 Å². The molecule has 0 aromatic heterocycles. The predicted octanol–water partition coefficient (Wildman–Crippen LogP) is 2.13. The number of carbonyl (C=O) groups is 2. The maximum atomic E-state index is 12.3. The molecule has 0 aliphatic rings. The highest BCUT2D eigenvalue weighted by Gasteiger charge is 2.10. The number of rotatable bonds is 9. The van der Waals surface area contributed by atoms with Gasteiger partial charge in [0.15, 0.2) is 0 Å². The number of hydrogen-bond donors (Lipinski definition) is 2. The van der Waals surface area contributed by atoms with E-state index in [1.54, 1.807) is 37.3 Å². The highest BCUT2D eigenvalue weighted by molar-refractivity contribution is 5.95. The number of nitrogens with one attached hydrogen (secondary N) is 2. The molecule has 0 bridgehead atoms. The van der Waals surface area contributed by atoms with Crippen molar-refractivity contribution in [2.75, 3.05) is 39.2 Å². The minimum atomic E-state index is -0.168. The number of ether oxygens (including phenoxy) is 1. The fourth-order valence-electron chi connectivity index (χ4n) is 2.40. The van der Waals surface area contributed by atoms with Crippen molar-refractivity contribution in [2.45, 2.75) is 6.54 Å². The number of hydrogen-bond acceptors (Lipinski definition) is 4. The van der Waals surface area contributed by atoms with Crippen molar-refractivity contribution in [3.63, 3.8) is 0 Å². The Kier molecular flexibility index (Phi) is 7.64. The molecule has 2 N–H and O–H groups in total. The second-order valence-electron chi connectivity index (χ2n) is 5.92. The van der Waals surface area contributed by atoms with E-state index in [0.29, 0.717) is 25.3 Å². The van der Waals surface area contributed by atoms with Gasteiger partial charge in [0, 0.05) is 38.5 Å². The Hall–Kier alpha value is -2.86. The zero-order chi connectivity index (χ0) is 18.8. The second kappa shape index (κ2) is 10.2. The predicted molar refractivity (Wildman–Crippen MR) is 102 cm³/mol. The first kappa shape index (κ1) is 19.5. The molecule has 0 aliphatic heterocycles. The van der Waals surface area contributed by atoms with Crippen molar-refractivity contribution in [3.8, 4) is 0 Å². The van der Waals surface area contributed by atoms with Gasteiger partial charge in [-0.15, -0.1) is 0 Å². The van der Waals surface area contributed by atoms with Crippen molar-refractivity contribution < 1.29 is 14.3 Å². The van der Waals surface area contributed by atoms with E-state index in [4.69, 9.17) is 4.74 Å². The molecule has 0 aliphatic carbocycles. The van der Waals surface area contributed by atoms with Gasteiger partial charge in [-0.1, -0.05) is 36.4 Å². The Morgan fingerprint density at radius 2 is 1.85 bits per heavy atom. The number of likely N-dealkylation sites (N-methyl/N-ethyl adjacent to an activating group) is 1. The molecule has 2 aromatic rings. The number of nitrogens with zero attached hydrogens (tertiary/aromatic N) is 1. The van der Waals surface area contributed by atoms with E-state index in [-0.39, 0.29) is 18.4 Å². The fourth-order valence-corrected chi connectivity index (χ4v) is 2.40. The Labute approximate surface area is 154 Å². The number of methoxy groups -OCH3 is 1. The molecule has 0 fully saturated rings. The van der Waals surface area contributed by atoms with Crippen LogP contribution in [0.15, 0.2) is 54.6 Å². The second-order valence-corrected chi connectivity index (χ2v) is 5.92. The lowest BCUT2D eigenvalue weighted by atomic mass is 10.2. The van der Waals surface area contributed by atoms with Crippen LogP contribution in [-0.4, -0.2) is 50.6 Å². The zero-order valence-corrected chi connectivity index (χ0v) is 15.2. The Morgan fingerprint density at radius 1 is 1.08 bits per heavy atom. The molecule has 2 aromatic carbocycles. The van der Waals surface area contributed by atoms with E-state index in [1.165, 1.54) is 0 Å². The van der Waals surface area contributed by atoms with E-state index >= 15 is 0 Å². The maximum Gasteiger partial charge on any atom is 0.251 e. The van der Waals surface area contributed by atoms with Gasteiger partial charge in [0.25, 0.3) is 5.91 Å². The summed E-state index contributed by atoms with van der Waals surface area (Å²) in [7, 11) is 3.36. The van der Waals surface area contributed by atoms with Crippen LogP contribution in [0.1, 0.15) is 15.9 Å².